The van der Waals surface area contributed by atoms with Gasteiger partial charge in [-0.1, -0.05) is 0 Å². The van der Waals surface area contributed by atoms with Crippen molar-refractivity contribution in [1.29, 1.82) is 0 Å². The van der Waals surface area contributed by atoms with Crippen LogP contribution in [-0.4, -0.2) is 60.4 Å². The number of nitrogens with zero attached hydrogens (tertiary/aromatic N) is 2. The minimum atomic E-state index is -0.465. The smallest absolute Gasteiger partial charge is 0.328 e. The highest BCUT2D eigenvalue weighted by molar-refractivity contribution is 5.88. The minimum absolute atomic E-state index is 0.0527. The molecule has 0 aromatic carbocycles. The molecule has 21 heavy (non-hydrogen) atoms. The molecule has 118 valence electrons. The third-order valence-electron chi connectivity index (χ3n) is 4.31. The van der Waals surface area contributed by atoms with Crippen molar-refractivity contribution in [2.45, 2.75) is 51.0 Å². The molecule has 2 fully saturated rings. The van der Waals surface area contributed by atoms with Crippen LogP contribution in [0.2, 0.25) is 0 Å². The summed E-state index contributed by atoms with van der Waals surface area (Å²) in [4.78, 5) is 39.3. The van der Waals surface area contributed by atoms with Crippen LogP contribution in [0.1, 0.15) is 44.9 Å². The van der Waals surface area contributed by atoms with E-state index < -0.39 is 6.04 Å². The molecule has 2 aliphatic rings. The van der Waals surface area contributed by atoms with Gasteiger partial charge in [0.25, 0.3) is 0 Å². The van der Waals surface area contributed by atoms with E-state index in [0.717, 1.165) is 32.4 Å². The van der Waals surface area contributed by atoms with E-state index in [1.54, 1.807) is 4.90 Å². The summed E-state index contributed by atoms with van der Waals surface area (Å²) < 4.78 is 4.73. The predicted molar refractivity (Wildman–Crippen MR) is 76.4 cm³/mol. The summed E-state index contributed by atoms with van der Waals surface area (Å²) in [5.74, 6) is -0.423. The van der Waals surface area contributed by atoms with E-state index in [4.69, 9.17) is 4.74 Å². The standard InChI is InChI=1S/C15H24N2O4/c1-21-15(20)12-6-5-11-17(12)14(19)8-7-13(18)16-9-3-2-4-10-16/h12H,2-11H2,1H3. The van der Waals surface area contributed by atoms with Crippen molar-refractivity contribution in [3.05, 3.63) is 0 Å². The van der Waals surface area contributed by atoms with Crippen LogP contribution in [0.15, 0.2) is 0 Å². The molecule has 0 N–H and O–H groups in total. The van der Waals surface area contributed by atoms with Crippen molar-refractivity contribution in [2.24, 2.45) is 0 Å². The van der Waals surface area contributed by atoms with Gasteiger partial charge in [0, 0.05) is 32.5 Å². The molecular weight excluding hydrogens is 272 g/mol. The number of rotatable bonds is 4. The van der Waals surface area contributed by atoms with Gasteiger partial charge in [0.15, 0.2) is 0 Å². The third kappa shape index (κ3) is 3.95. The number of piperidine rings is 1. The largest absolute Gasteiger partial charge is 0.467 e. The number of hydrogen-bond donors (Lipinski definition) is 0. The fraction of sp³-hybridized carbons (Fsp3) is 0.800. The summed E-state index contributed by atoms with van der Waals surface area (Å²) in [6.07, 6.45) is 5.17. The van der Waals surface area contributed by atoms with Gasteiger partial charge < -0.3 is 14.5 Å². The van der Waals surface area contributed by atoms with Gasteiger partial charge in [0.05, 0.1) is 7.11 Å². The van der Waals surface area contributed by atoms with Crippen LogP contribution >= 0.6 is 0 Å². The molecule has 6 heteroatoms. The zero-order chi connectivity index (χ0) is 15.2. The number of methoxy groups -OCH3 is 1. The van der Waals surface area contributed by atoms with Crippen LogP contribution in [0.3, 0.4) is 0 Å². The number of esters is 1. The second kappa shape index (κ2) is 7.43. The summed E-state index contributed by atoms with van der Waals surface area (Å²) in [5.41, 5.74) is 0. The second-order valence-electron chi connectivity index (χ2n) is 5.71. The molecule has 2 saturated heterocycles. The lowest BCUT2D eigenvalue weighted by Crippen LogP contribution is -2.42. The number of carbonyl (C=O) groups is 3. The van der Waals surface area contributed by atoms with Crippen LogP contribution in [0.4, 0.5) is 0 Å². The molecule has 1 unspecified atom stereocenters. The molecule has 6 nitrogen and oxygen atoms in total. The Morgan fingerprint density at radius 3 is 2.29 bits per heavy atom. The van der Waals surface area contributed by atoms with Gasteiger partial charge in [-0.25, -0.2) is 4.79 Å². The monoisotopic (exact) mass is 296 g/mol. The molecule has 0 aliphatic carbocycles. The molecule has 2 aliphatic heterocycles. The van der Waals surface area contributed by atoms with Gasteiger partial charge in [-0.15, -0.1) is 0 Å². The molecule has 0 aromatic heterocycles. The molecule has 0 spiro atoms. The highest BCUT2D eigenvalue weighted by atomic mass is 16.5. The van der Waals surface area contributed by atoms with Crippen molar-refractivity contribution in [2.75, 3.05) is 26.7 Å². The SMILES string of the molecule is COC(=O)C1CCCN1C(=O)CCC(=O)N1CCCCC1. The van der Waals surface area contributed by atoms with Gasteiger partial charge in [0.2, 0.25) is 11.8 Å². The van der Waals surface area contributed by atoms with Crippen LogP contribution in [0.25, 0.3) is 0 Å². The minimum Gasteiger partial charge on any atom is -0.467 e. The molecule has 2 heterocycles. The van der Waals surface area contributed by atoms with Gasteiger partial charge >= 0.3 is 5.97 Å². The Morgan fingerprint density at radius 1 is 0.952 bits per heavy atom. The summed E-state index contributed by atoms with van der Waals surface area (Å²) >= 11 is 0. The number of ether oxygens (including phenoxy) is 1. The highest BCUT2D eigenvalue weighted by Crippen LogP contribution is 2.20. The summed E-state index contributed by atoms with van der Waals surface area (Å²) in [6, 6.07) is -0.465. The van der Waals surface area contributed by atoms with E-state index in [0.29, 0.717) is 13.0 Å². The molecule has 0 radical (unpaired) electrons. The quantitative estimate of drug-likeness (QED) is 0.724. The van der Waals surface area contributed by atoms with Crippen LogP contribution in [0.5, 0.6) is 0 Å². The molecule has 0 bridgehead atoms. The first-order valence-corrected chi connectivity index (χ1v) is 7.78. The van der Waals surface area contributed by atoms with Crippen molar-refractivity contribution in [3.8, 4) is 0 Å². The van der Waals surface area contributed by atoms with Gasteiger partial charge in [-0.2, -0.15) is 0 Å². The topological polar surface area (TPSA) is 66.9 Å². The molecular formula is C15H24N2O4. The molecule has 0 saturated carbocycles. The first-order chi connectivity index (χ1) is 10.1. The van der Waals surface area contributed by atoms with Gasteiger partial charge in [-0.3, -0.25) is 9.59 Å². The first kappa shape index (κ1) is 15.8. The Kier molecular flexibility index (Phi) is 5.59. The zero-order valence-electron chi connectivity index (χ0n) is 12.7. The van der Waals surface area contributed by atoms with E-state index in [1.807, 2.05) is 4.90 Å². The maximum Gasteiger partial charge on any atom is 0.328 e. The van der Waals surface area contributed by atoms with Gasteiger partial charge in [-0.05, 0) is 32.1 Å². The zero-order valence-corrected chi connectivity index (χ0v) is 12.7. The summed E-state index contributed by atoms with van der Waals surface area (Å²) in [5, 5.41) is 0. The van der Waals surface area contributed by atoms with Crippen LogP contribution < -0.4 is 0 Å². The van der Waals surface area contributed by atoms with Crippen molar-refractivity contribution >= 4 is 17.8 Å². The Bertz CT molecular complexity index is 404. The summed E-state index contributed by atoms with van der Waals surface area (Å²) in [6.45, 7) is 2.19. The van der Waals surface area contributed by atoms with Crippen molar-refractivity contribution in [3.63, 3.8) is 0 Å². The van der Waals surface area contributed by atoms with Crippen LogP contribution in [0, 0.1) is 0 Å². The normalized spacial score (nSPS) is 22.2. The average Bonchev–Trinajstić information content (AvgIpc) is 3.02. The van der Waals surface area contributed by atoms with E-state index in [9.17, 15) is 14.4 Å². The lowest BCUT2D eigenvalue weighted by Gasteiger charge is -2.27. The number of likely N-dealkylation sites (tertiary alicyclic amines) is 2. The third-order valence-corrected chi connectivity index (χ3v) is 4.31. The average molecular weight is 296 g/mol. The summed E-state index contributed by atoms with van der Waals surface area (Å²) in [7, 11) is 1.34. The number of amides is 2. The molecule has 0 aromatic rings. The Balaban J connectivity index is 1.80. The Labute approximate surface area is 125 Å². The Morgan fingerprint density at radius 2 is 1.62 bits per heavy atom. The van der Waals surface area contributed by atoms with E-state index in [-0.39, 0.29) is 30.6 Å². The highest BCUT2D eigenvalue weighted by Gasteiger charge is 2.34. The fourth-order valence-electron chi connectivity index (χ4n) is 3.11. The van der Waals surface area contributed by atoms with Crippen molar-refractivity contribution < 1.29 is 19.1 Å². The maximum absolute atomic E-state index is 12.2. The Hall–Kier alpha value is -1.59. The van der Waals surface area contributed by atoms with Crippen LogP contribution in [-0.2, 0) is 19.1 Å². The molecule has 1 atom stereocenters. The van der Waals surface area contributed by atoms with E-state index in [1.165, 1.54) is 13.5 Å². The molecule has 2 amide bonds. The lowest BCUT2D eigenvalue weighted by atomic mass is 10.1. The number of hydrogen-bond acceptors (Lipinski definition) is 4. The fourth-order valence-corrected chi connectivity index (χ4v) is 3.11. The van der Waals surface area contributed by atoms with E-state index >= 15 is 0 Å². The predicted octanol–water partition coefficient (Wildman–Crippen LogP) is 0.943. The van der Waals surface area contributed by atoms with E-state index in [2.05, 4.69) is 0 Å². The molecule has 2 rings (SSSR count). The maximum atomic E-state index is 12.2. The van der Waals surface area contributed by atoms with Gasteiger partial charge in [0.1, 0.15) is 6.04 Å². The first-order valence-electron chi connectivity index (χ1n) is 7.78. The number of carbonyl (C=O) groups excluding carboxylic acids is 3. The van der Waals surface area contributed by atoms with Crippen molar-refractivity contribution in [1.82, 2.24) is 9.80 Å². The lowest BCUT2D eigenvalue weighted by molar-refractivity contribution is -0.151. The second-order valence-corrected chi connectivity index (χ2v) is 5.71.